The number of methoxy groups -OCH3 is 1. The van der Waals surface area contributed by atoms with E-state index in [1.54, 1.807) is 44.4 Å². The van der Waals surface area contributed by atoms with Gasteiger partial charge in [-0.3, -0.25) is 9.52 Å². The van der Waals surface area contributed by atoms with E-state index in [4.69, 9.17) is 14.2 Å². The van der Waals surface area contributed by atoms with Gasteiger partial charge in [-0.15, -0.1) is 0 Å². The molecule has 2 aromatic carbocycles. The maximum Gasteiger partial charge on any atom is 0.261 e. The molecule has 1 saturated heterocycles. The molecular weight excluding hydrogens is 448 g/mol. The number of nitrogens with zero attached hydrogens (tertiary/aromatic N) is 1. The van der Waals surface area contributed by atoms with Gasteiger partial charge >= 0.3 is 0 Å². The van der Waals surface area contributed by atoms with Gasteiger partial charge in [-0.2, -0.15) is 0 Å². The van der Waals surface area contributed by atoms with Crippen molar-refractivity contribution in [1.29, 1.82) is 0 Å². The molecule has 0 saturated carbocycles. The number of benzene rings is 2. The number of rotatable bonds is 7. The van der Waals surface area contributed by atoms with Gasteiger partial charge in [-0.25, -0.2) is 8.42 Å². The van der Waals surface area contributed by atoms with Crippen LogP contribution in [0.2, 0.25) is 0 Å². The first-order valence-corrected chi connectivity index (χ1v) is 12.1. The molecule has 0 unspecified atom stereocenters. The molecule has 2 aliphatic heterocycles. The van der Waals surface area contributed by atoms with Crippen molar-refractivity contribution in [1.82, 2.24) is 4.90 Å². The Balaban J connectivity index is 1.56. The molecule has 10 heteroatoms. The smallest absolute Gasteiger partial charge is 0.261 e. The molecular formula is C23H28N2O7S. The van der Waals surface area contributed by atoms with Gasteiger partial charge in [0.15, 0.2) is 0 Å². The zero-order chi connectivity index (χ0) is 23.8. The second kappa shape index (κ2) is 9.20. The Labute approximate surface area is 193 Å². The molecule has 0 spiro atoms. The molecule has 0 aliphatic carbocycles. The molecule has 178 valence electrons. The first-order chi connectivity index (χ1) is 15.7. The number of nitrogens with one attached hydrogen (secondary N) is 1. The number of hydrogen-bond acceptors (Lipinski definition) is 7. The number of sulfonamides is 1. The standard InChI is InChI=1S/C23H28N2O7S/c1-25(2)22(27)12-16-11-19-18-10-14(4-9-20(18)32-23(19)21(13-26)31-16)24-33(28,29)17-7-5-15(30-3)6-8-17/h4-10,16,19,21,23-24,26H,11-13H2,1-3H3/t16-,19-,21+,23+/m1/s1. The molecule has 4 atom stereocenters. The third kappa shape index (κ3) is 4.78. The highest BCUT2D eigenvalue weighted by molar-refractivity contribution is 7.92. The van der Waals surface area contributed by atoms with E-state index in [9.17, 15) is 18.3 Å². The van der Waals surface area contributed by atoms with E-state index in [1.165, 1.54) is 24.1 Å². The molecule has 9 nitrogen and oxygen atoms in total. The lowest BCUT2D eigenvalue weighted by Crippen LogP contribution is -2.47. The summed E-state index contributed by atoms with van der Waals surface area (Å²) >= 11 is 0. The van der Waals surface area contributed by atoms with Gasteiger partial charge in [0.05, 0.1) is 31.1 Å². The van der Waals surface area contributed by atoms with E-state index in [1.807, 2.05) is 0 Å². The predicted molar refractivity (Wildman–Crippen MR) is 121 cm³/mol. The summed E-state index contributed by atoms with van der Waals surface area (Å²) in [5.74, 6) is 1.00. The highest BCUT2D eigenvalue weighted by Gasteiger charge is 2.46. The molecule has 2 N–H and O–H groups in total. The maximum absolute atomic E-state index is 12.8. The molecule has 33 heavy (non-hydrogen) atoms. The minimum Gasteiger partial charge on any atom is -0.497 e. The van der Waals surface area contributed by atoms with Gasteiger partial charge in [-0.05, 0) is 48.9 Å². The van der Waals surface area contributed by atoms with Crippen LogP contribution in [0, 0.1) is 0 Å². The summed E-state index contributed by atoms with van der Waals surface area (Å²) < 4.78 is 45.4. The number of carbonyl (C=O) groups excluding carboxylic acids is 1. The number of carbonyl (C=O) groups is 1. The van der Waals surface area contributed by atoms with Crippen molar-refractivity contribution in [2.75, 3.05) is 32.5 Å². The quantitative estimate of drug-likeness (QED) is 0.628. The largest absolute Gasteiger partial charge is 0.497 e. The second-order valence-corrected chi connectivity index (χ2v) is 10.1. The average molecular weight is 477 g/mol. The van der Waals surface area contributed by atoms with Gasteiger partial charge in [0.2, 0.25) is 5.91 Å². The molecule has 1 fully saturated rings. The lowest BCUT2D eigenvalue weighted by atomic mass is 9.84. The van der Waals surface area contributed by atoms with Gasteiger partial charge in [-0.1, -0.05) is 0 Å². The second-order valence-electron chi connectivity index (χ2n) is 8.43. The van der Waals surface area contributed by atoms with E-state index in [-0.39, 0.29) is 35.9 Å². The van der Waals surface area contributed by atoms with Crippen molar-refractivity contribution in [3.63, 3.8) is 0 Å². The van der Waals surface area contributed by atoms with Crippen LogP contribution in [0.15, 0.2) is 47.4 Å². The highest BCUT2D eigenvalue weighted by Crippen LogP contribution is 2.47. The zero-order valence-corrected chi connectivity index (χ0v) is 19.5. The first kappa shape index (κ1) is 23.3. The fourth-order valence-electron chi connectivity index (χ4n) is 4.30. The number of fused-ring (bicyclic) bond motifs is 3. The van der Waals surface area contributed by atoms with Gasteiger partial charge in [0.25, 0.3) is 10.0 Å². The van der Waals surface area contributed by atoms with E-state index >= 15 is 0 Å². The van der Waals surface area contributed by atoms with E-state index in [2.05, 4.69) is 4.72 Å². The van der Waals surface area contributed by atoms with Crippen molar-refractivity contribution < 1.29 is 32.5 Å². The minimum absolute atomic E-state index is 0.0599. The van der Waals surface area contributed by atoms with Gasteiger partial charge < -0.3 is 24.2 Å². The third-order valence-electron chi connectivity index (χ3n) is 6.02. The summed E-state index contributed by atoms with van der Waals surface area (Å²) in [5, 5.41) is 9.85. The Morgan fingerprint density at radius 2 is 1.94 bits per heavy atom. The van der Waals surface area contributed by atoms with Crippen LogP contribution in [0.5, 0.6) is 11.5 Å². The minimum atomic E-state index is -3.80. The number of aliphatic hydroxyl groups is 1. The van der Waals surface area contributed by atoms with Crippen LogP contribution in [0.25, 0.3) is 0 Å². The van der Waals surface area contributed by atoms with E-state index < -0.39 is 22.2 Å². The van der Waals surface area contributed by atoms with Crippen LogP contribution in [-0.4, -0.2) is 70.5 Å². The topological polar surface area (TPSA) is 114 Å². The Hall–Kier alpha value is -2.82. The SMILES string of the molecule is COc1ccc(S(=O)(=O)Nc2ccc3c(c2)[C@H]2C[C@H](CC(=O)N(C)C)O[C@@H](CO)[C@H]2O3)cc1. The fraction of sp³-hybridized carbons (Fsp3) is 0.435. The van der Waals surface area contributed by atoms with E-state index in [0.717, 1.165) is 5.56 Å². The molecule has 0 aromatic heterocycles. The number of hydrogen-bond donors (Lipinski definition) is 2. The third-order valence-corrected chi connectivity index (χ3v) is 7.42. The molecule has 0 bridgehead atoms. The Morgan fingerprint density at radius 1 is 1.21 bits per heavy atom. The van der Waals surface area contributed by atoms with Crippen LogP contribution in [0.3, 0.4) is 0 Å². The Kier molecular flexibility index (Phi) is 6.51. The van der Waals surface area contributed by atoms with Crippen molar-refractivity contribution in [2.45, 2.75) is 42.0 Å². The van der Waals surface area contributed by atoms with Gasteiger partial charge in [0.1, 0.15) is 23.7 Å². The Morgan fingerprint density at radius 3 is 2.58 bits per heavy atom. The molecule has 1 amide bonds. The zero-order valence-electron chi connectivity index (χ0n) is 18.7. The summed E-state index contributed by atoms with van der Waals surface area (Å²) in [6, 6.07) is 11.2. The molecule has 0 radical (unpaired) electrons. The lowest BCUT2D eigenvalue weighted by molar-refractivity contribution is -0.147. The van der Waals surface area contributed by atoms with Crippen molar-refractivity contribution in [3.05, 3.63) is 48.0 Å². The van der Waals surface area contributed by atoms with Crippen molar-refractivity contribution in [3.8, 4) is 11.5 Å². The summed E-state index contributed by atoms with van der Waals surface area (Å²) in [4.78, 5) is 13.8. The van der Waals surface area contributed by atoms with Crippen molar-refractivity contribution >= 4 is 21.6 Å². The molecule has 4 rings (SSSR count). The number of ether oxygens (including phenoxy) is 3. The maximum atomic E-state index is 12.8. The predicted octanol–water partition coefficient (Wildman–Crippen LogP) is 1.97. The number of anilines is 1. The van der Waals surface area contributed by atoms with Crippen LogP contribution in [0.1, 0.15) is 24.3 Å². The van der Waals surface area contributed by atoms with Crippen LogP contribution < -0.4 is 14.2 Å². The number of amides is 1. The summed E-state index contributed by atoms with van der Waals surface area (Å²) in [6.07, 6.45) is -0.610. The lowest BCUT2D eigenvalue weighted by Gasteiger charge is -2.37. The van der Waals surface area contributed by atoms with Gasteiger partial charge in [0, 0.05) is 31.3 Å². The molecule has 2 aromatic rings. The molecule has 2 heterocycles. The normalized spacial score (nSPS) is 23.8. The van der Waals surface area contributed by atoms with Crippen molar-refractivity contribution in [2.24, 2.45) is 0 Å². The van der Waals surface area contributed by atoms with Crippen LogP contribution >= 0.6 is 0 Å². The summed E-state index contributed by atoms with van der Waals surface area (Å²) in [5.41, 5.74) is 1.24. The summed E-state index contributed by atoms with van der Waals surface area (Å²) in [7, 11) is 1.09. The molecule has 2 aliphatic rings. The van der Waals surface area contributed by atoms with Crippen LogP contribution in [-0.2, 0) is 19.6 Å². The number of aliphatic hydroxyl groups excluding tert-OH is 1. The van der Waals surface area contributed by atoms with Crippen LogP contribution in [0.4, 0.5) is 5.69 Å². The first-order valence-electron chi connectivity index (χ1n) is 10.7. The fourth-order valence-corrected chi connectivity index (χ4v) is 5.35. The highest BCUT2D eigenvalue weighted by atomic mass is 32.2. The average Bonchev–Trinajstić information content (AvgIpc) is 3.16. The Bertz CT molecular complexity index is 1120. The van der Waals surface area contributed by atoms with E-state index in [0.29, 0.717) is 23.6 Å². The monoisotopic (exact) mass is 476 g/mol. The summed E-state index contributed by atoms with van der Waals surface area (Å²) in [6.45, 7) is -0.237.